The number of thiocarbonyl (C=S) groups is 1. The summed E-state index contributed by atoms with van der Waals surface area (Å²) in [6.45, 7) is 1.50. The summed E-state index contributed by atoms with van der Waals surface area (Å²) in [5.41, 5.74) is 6.92. The minimum atomic E-state index is -4.48. The van der Waals surface area contributed by atoms with Crippen LogP contribution in [0.1, 0.15) is 5.56 Å². The molecule has 0 radical (unpaired) electrons. The van der Waals surface area contributed by atoms with Gasteiger partial charge in [-0.25, -0.2) is 0 Å². The molecule has 0 unspecified atom stereocenters. The molecule has 10 heteroatoms. The molecule has 1 aliphatic rings. The number of anilines is 1. The fourth-order valence-corrected chi connectivity index (χ4v) is 2.14. The summed E-state index contributed by atoms with van der Waals surface area (Å²) in [6, 6.07) is 4.42. The second kappa shape index (κ2) is 7.58. The van der Waals surface area contributed by atoms with Crippen molar-refractivity contribution in [2.45, 2.75) is 6.18 Å². The molecule has 0 saturated carbocycles. The minimum Gasteiger partial charge on any atom is -0.388 e. The van der Waals surface area contributed by atoms with Crippen LogP contribution in [0, 0.1) is 0 Å². The molecule has 1 aliphatic heterocycles. The monoisotopic (exact) mass is 360 g/mol. The van der Waals surface area contributed by atoms with Crippen molar-refractivity contribution in [3.63, 3.8) is 0 Å². The first-order valence-corrected chi connectivity index (χ1v) is 7.37. The number of nitrogens with zero attached hydrogens (tertiary/aromatic N) is 2. The number of carbonyl (C=O) groups excluding carboxylic acids is 1. The van der Waals surface area contributed by atoms with E-state index in [9.17, 15) is 18.0 Å². The summed E-state index contributed by atoms with van der Waals surface area (Å²) in [6.07, 6.45) is -4.48. The molecule has 1 heterocycles. The van der Waals surface area contributed by atoms with Gasteiger partial charge in [-0.3, -0.25) is 10.2 Å². The van der Waals surface area contributed by atoms with Crippen LogP contribution < -0.4 is 11.2 Å². The first-order chi connectivity index (χ1) is 11.3. The molecule has 0 atom stereocenters. The van der Waals surface area contributed by atoms with Gasteiger partial charge >= 0.3 is 6.18 Å². The lowest BCUT2D eigenvalue weighted by Gasteiger charge is -2.26. The Morgan fingerprint density at radius 2 is 2.00 bits per heavy atom. The van der Waals surface area contributed by atoms with Gasteiger partial charge in [0.25, 0.3) is 5.91 Å². The highest BCUT2D eigenvalue weighted by molar-refractivity contribution is 7.82. The maximum atomic E-state index is 12.7. The molecule has 3 N–H and O–H groups in total. The zero-order chi connectivity index (χ0) is 17.7. The summed E-state index contributed by atoms with van der Waals surface area (Å²) >= 11 is 4.81. The van der Waals surface area contributed by atoms with E-state index in [2.05, 4.69) is 10.5 Å². The van der Waals surface area contributed by atoms with Crippen LogP contribution in [-0.4, -0.2) is 47.8 Å². The van der Waals surface area contributed by atoms with Crippen LogP contribution in [-0.2, 0) is 15.7 Å². The smallest absolute Gasteiger partial charge is 0.388 e. The van der Waals surface area contributed by atoms with Crippen LogP contribution in [0.25, 0.3) is 0 Å². The van der Waals surface area contributed by atoms with Gasteiger partial charge in [-0.1, -0.05) is 18.3 Å². The number of hydrogen-bond acceptors (Lipinski definition) is 5. The number of benzene rings is 1. The largest absolute Gasteiger partial charge is 0.416 e. The van der Waals surface area contributed by atoms with Crippen molar-refractivity contribution in [1.29, 1.82) is 0 Å². The van der Waals surface area contributed by atoms with E-state index in [1.165, 1.54) is 17.0 Å². The Labute approximate surface area is 141 Å². The minimum absolute atomic E-state index is 0.0633. The van der Waals surface area contributed by atoms with Crippen LogP contribution in [0.3, 0.4) is 0 Å². The summed E-state index contributed by atoms with van der Waals surface area (Å²) in [5.74, 6) is -0.495. The van der Waals surface area contributed by atoms with Crippen LogP contribution in [0.5, 0.6) is 0 Å². The van der Waals surface area contributed by atoms with Gasteiger partial charge in [0.2, 0.25) is 0 Å². The Bertz CT molecular complexity index is 658. The number of nitrogens with one attached hydrogen (secondary N) is 1. The van der Waals surface area contributed by atoms with Crippen molar-refractivity contribution >= 4 is 34.5 Å². The third kappa shape index (κ3) is 4.65. The number of ether oxygens (including phenoxy) is 1. The summed E-state index contributed by atoms with van der Waals surface area (Å²) < 4.78 is 43.2. The highest BCUT2D eigenvalue weighted by Crippen LogP contribution is 2.30. The average Bonchev–Trinajstić information content (AvgIpc) is 2.55. The second-order valence-corrected chi connectivity index (χ2v) is 5.36. The molecule has 1 fully saturated rings. The normalized spacial score (nSPS) is 16.0. The lowest BCUT2D eigenvalue weighted by Crippen LogP contribution is -2.47. The van der Waals surface area contributed by atoms with E-state index < -0.39 is 17.6 Å². The number of nitrogens with two attached hydrogens (primary N) is 1. The zero-order valence-electron chi connectivity index (χ0n) is 12.5. The highest BCUT2D eigenvalue weighted by atomic mass is 32.1. The molecule has 0 bridgehead atoms. The maximum Gasteiger partial charge on any atom is 0.416 e. The standard InChI is InChI=1S/C14H15F3N4O2S/c15-14(16,17)9-2-1-3-10(8-9)19-20-11(12(18)24)13(22)21-4-6-23-7-5-21/h1-3,8,19H,4-7H2,(H2,18,24)/b20-11-. The number of halogens is 3. The molecule has 6 nitrogen and oxygen atoms in total. The first kappa shape index (κ1) is 18.1. The molecule has 0 aliphatic carbocycles. The second-order valence-electron chi connectivity index (χ2n) is 4.92. The molecule has 130 valence electrons. The maximum absolute atomic E-state index is 12.7. The van der Waals surface area contributed by atoms with Gasteiger partial charge in [0.1, 0.15) is 4.99 Å². The van der Waals surface area contributed by atoms with Gasteiger partial charge in [0.15, 0.2) is 5.71 Å². The Hall–Kier alpha value is -2.20. The Morgan fingerprint density at radius 1 is 1.33 bits per heavy atom. The third-order valence-corrected chi connectivity index (χ3v) is 3.41. The summed E-state index contributed by atoms with van der Waals surface area (Å²) in [7, 11) is 0. The van der Waals surface area contributed by atoms with Gasteiger partial charge in [0.05, 0.1) is 24.5 Å². The Balaban J connectivity index is 2.17. The first-order valence-electron chi connectivity index (χ1n) is 6.97. The molecule has 24 heavy (non-hydrogen) atoms. The van der Waals surface area contributed by atoms with Crippen molar-refractivity contribution in [2.24, 2.45) is 10.8 Å². The number of alkyl halides is 3. The van der Waals surface area contributed by atoms with Crippen molar-refractivity contribution < 1.29 is 22.7 Å². The van der Waals surface area contributed by atoms with Crippen LogP contribution in [0.15, 0.2) is 29.4 Å². The molecule has 1 aromatic rings. The zero-order valence-corrected chi connectivity index (χ0v) is 13.3. The fourth-order valence-electron chi connectivity index (χ4n) is 2.01. The number of morpholine rings is 1. The van der Waals surface area contributed by atoms with E-state index in [1.807, 2.05) is 0 Å². The Morgan fingerprint density at radius 3 is 2.58 bits per heavy atom. The quantitative estimate of drug-likeness (QED) is 0.485. The highest BCUT2D eigenvalue weighted by Gasteiger charge is 2.30. The van der Waals surface area contributed by atoms with Gasteiger partial charge in [0, 0.05) is 13.1 Å². The summed E-state index contributed by atoms with van der Waals surface area (Å²) in [4.78, 5) is 13.6. The molecule has 1 aromatic carbocycles. The lowest BCUT2D eigenvalue weighted by molar-refractivity contribution is -0.137. The van der Waals surface area contributed by atoms with Crippen molar-refractivity contribution in [3.05, 3.63) is 29.8 Å². The number of rotatable bonds is 4. The van der Waals surface area contributed by atoms with Gasteiger partial charge in [-0.2, -0.15) is 18.3 Å². The predicted molar refractivity (Wildman–Crippen MR) is 86.7 cm³/mol. The fraction of sp³-hybridized carbons (Fsp3) is 0.357. The molecular weight excluding hydrogens is 345 g/mol. The van der Waals surface area contributed by atoms with Gasteiger partial charge < -0.3 is 15.4 Å². The molecule has 1 saturated heterocycles. The average molecular weight is 360 g/mol. The van der Waals surface area contributed by atoms with Gasteiger partial charge in [-0.05, 0) is 18.2 Å². The van der Waals surface area contributed by atoms with E-state index in [4.69, 9.17) is 22.7 Å². The topological polar surface area (TPSA) is 79.9 Å². The van der Waals surface area contributed by atoms with E-state index in [0.29, 0.717) is 26.3 Å². The predicted octanol–water partition coefficient (Wildman–Crippen LogP) is 1.62. The third-order valence-electron chi connectivity index (χ3n) is 3.22. The van der Waals surface area contributed by atoms with Crippen molar-refractivity contribution in [3.8, 4) is 0 Å². The molecular formula is C14H15F3N4O2S. The molecule has 0 aromatic heterocycles. The van der Waals surface area contributed by atoms with Crippen LogP contribution in [0.2, 0.25) is 0 Å². The molecule has 2 rings (SSSR count). The van der Waals surface area contributed by atoms with E-state index >= 15 is 0 Å². The molecule has 0 spiro atoms. The van der Waals surface area contributed by atoms with Crippen molar-refractivity contribution in [2.75, 3.05) is 31.7 Å². The number of hydrogen-bond donors (Lipinski definition) is 2. The van der Waals surface area contributed by atoms with E-state index in [-0.39, 0.29) is 16.4 Å². The van der Waals surface area contributed by atoms with Gasteiger partial charge in [-0.15, -0.1) is 0 Å². The number of carbonyl (C=O) groups is 1. The van der Waals surface area contributed by atoms with E-state index in [0.717, 1.165) is 12.1 Å². The lowest BCUT2D eigenvalue weighted by atomic mass is 10.2. The number of hydrazone groups is 1. The van der Waals surface area contributed by atoms with Crippen LogP contribution in [0.4, 0.5) is 18.9 Å². The van der Waals surface area contributed by atoms with Crippen LogP contribution >= 0.6 is 12.2 Å². The molecule has 1 amide bonds. The summed E-state index contributed by atoms with van der Waals surface area (Å²) in [5, 5.41) is 3.79. The Kier molecular flexibility index (Phi) is 5.73. The SMILES string of the molecule is NC(=S)/C(=N/Nc1cccc(C(F)(F)F)c1)C(=O)N1CCOCC1. The number of amides is 1. The van der Waals surface area contributed by atoms with E-state index in [1.54, 1.807) is 0 Å². The van der Waals surface area contributed by atoms with Crippen molar-refractivity contribution in [1.82, 2.24) is 4.90 Å².